The molecule has 2 heterocycles. The van der Waals surface area contributed by atoms with Gasteiger partial charge in [-0.05, 0) is 35.0 Å². The van der Waals surface area contributed by atoms with Crippen LogP contribution in [-0.2, 0) is 0 Å². The van der Waals surface area contributed by atoms with Gasteiger partial charge in [0.05, 0.1) is 18.4 Å². The lowest BCUT2D eigenvalue weighted by Gasteiger charge is -2.00. The Labute approximate surface area is 101 Å². The van der Waals surface area contributed by atoms with Gasteiger partial charge in [-0.2, -0.15) is 5.26 Å². The summed E-state index contributed by atoms with van der Waals surface area (Å²) in [6.07, 6.45) is 5.23. The highest BCUT2D eigenvalue weighted by molar-refractivity contribution is 7.99. The molecule has 3 rings (SSSR count). The van der Waals surface area contributed by atoms with Crippen LogP contribution in [0, 0.1) is 11.3 Å². The van der Waals surface area contributed by atoms with E-state index >= 15 is 0 Å². The highest BCUT2D eigenvalue weighted by Gasteiger charge is 2.28. The van der Waals surface area contributed by atoms with Crippen molar-refractivity contribution in [3.63, 3.8) is 0 Å². The minimum atomic E-state index is 0.302. The third kappa shape index (κ3) is 2.09. The fourth-order valence-electron chi connectivity index (χ4n) is 1.32. The molecule has 0 unspecified atom stereocenters. The summed E-state index contributed by atoms with van der Waals surface area (Å²) in [4.78, 5) is 8.06. The Bertz CT molecular complexity index is 566. The number of hydrogen-bond acceptors (Lipinski definition) is 7. The first-order valence-electron chi connectivity index (χ1n) is 5.04. The lowest BCUT2D eigenvalue weighted by Crippen LogP contribution is -1.99. The molecule has 0 amide bonds. The van der Waals surface area contributed by atoms with Gasteiger partial charge in [-0.3, -0.25) is 0 Å². The number of hydrogen-bond donors (Lipinski definition) is 0. The fraction of sp³-hybridized carbons (Fsp3) is 0.333. The summed E-state index contributed by atoms with van der Waals surface area (Å²) in [5.74, 6) is 0. The van der Waals surface area contributed by atoms with Crippen LogP contribution in [0.1, 0.15) is 24.6 Å². The highest BCUT2D eigenvalue weighted by atomic mass is 32.2. The van der Waals surface area contributed by atoms with E-state index in [9.17, 15) is 0 Å². The lowest BCUT2D eigenvalue weighted by molar-refractivity contribution is 0.565. The molecular formula is C9H7N7S. The van der Waals surface area contributed by atoms with E-state index < -0.39 is 0 Å². The van der Waals surface area contributed by atoms with Crippen molar-refractivity contribution in [1.29, 1.82) is 5.26 Å². The minimum absolute atomic E-state index is 0.302. The topological polar surface area (TPSA) is 93.2 Å². The Morgan fingerprint density at radius 3 is 2.88 bits per heavy atom. The van der Waals surface area contributed by atoms with E-state index in [1.54, 1.807) is 6.20 Å². The molecule has 2 aromatic heterocycles. The average Bonchev–Trinajstić information content (AvgIpc) is 3.11. The average molecular weight is 245 g/mol. The van der Waals surface area contributed by atoms with E-state index in [0.717, 1.165) is 12.8 Å². The Kier molecular flexibility index (Phi) is 2.45. The van der Waals surface area contributed by atoms with Crippen molar-refractivity contribution in [1.82, 2.24) is 30.2 Å². The van der Waals surface area contributed by atoms with E-state index in [0.29, 0.717) is 21.9 Å². The first kappa shape index (κ1) is 10.2. The zero-order valence-electron chi connectivity index (χ0n) is 8.69. The molecule has 0 aromatic carbocycles. The quantitative estimate of drug-likeness (QED) is 0.790. The van der Waals surface area contributed by atoms with Crippen LogP contribution < -0.4 is 0 Å². The van der Waals surface area contributed by atoms with E-state index in [2.05, 4.69) is 25.5 Å². The van der Waals surface area contributed by atoms with Crippen LogP contribution in [0.4, 0.5) is 0 Å². The van der Waals surface area contributed by atoms with Gasteiger partial charge in [0.2, 0.25) is 5.16 Å². The monoisotopic (exact) mass is 245 g/mol. The predicted octanol–water partition coefficient (Wildman–Crippen LogP) is 0.821. The Hall–Kier alpha value is -2.01. The maximum atomic E-state index is 8.61. The number of rotatable bonds is 3. The molecule has 1 fully saturated rings. The molecule has 1 aliphatic rings. The van der Waals surface area contributed by atoms with Gasteiger partial charge in [-0.25, -0.2) is 14.6 Å². The molecule has 7 nitrogen and oxygen atoms in total. The van der Waals surface area contributed by atoms with Gasteiger partial charge in [-0.15, -0.1) is 5.10 Å². The molecule has 0 radical (unpaired) electrons. The molecule has 0 saturated heterocycles. The number of tetrazole rings is 1. The minimum Gasteiger partial charge on any atom is -0.245 e. The maximum Gasteiger partial charge on any atom is 0.215 e. The summed E-state index contributed by atoms with van der Waals surface area (Å²) < 4.78 is 1.81. The Morgan fingerprint density at radius 2 is 2.24 bits per heavy atom. The van der Waals surface area contributed by atoms with Crippen molar-refractivity contribution in [2.24, 2.45) is 0 Å². The Morgan fingerprint density at radius 1 is 1.35 bits per heavy atom. The van der Waals surface area contributed by atoms with Crippen LogP contribution in [0.15, 0.2) is 22.6 Å². The van der Waals surface area contributed by atoms with Crippen molar-refractivity contribution in [3.05, 3.63) is 18.1 Å². The van der Waals surface area contributed by atoms with Crippen LogP contribution in [-0.4, -0.2) is 30.2 Å². The van der Waals surface area contributed by atoms with Gasteiger partial charge in [0.25, 0.3) is 0 Å². The summed E-state index contributed by atoms with van der Waals surface area (Å²) in [5.41, 5.74) is 0.302. The fourth-order valence-corrected chi connectivity index (χ4v) is 2.08. The predicted molar refractivity (Wildman–Crippen MR) is 57.0 cm³/mol. The highest BCUT2D eigenvalue weighted by Crippen LogP contribution is 2.37. The van der Waals surface area contributed by atoms with E-state index in [1.807, 2.05) is 10.8 Å². The third-order valence-electron chi connectivity index (χ3n) is 2.29. The van der Waals surface area contributed by atoms with E-state index in [4.69, 9.17) is 5.26 Å². The number of aromatic nitrogens is 6. The summed E-state index contributed by atoms with van der Waals surface area (Å²) in [5, 5.41) is 21.6. The van der Waals surface area contributed by atoms with Crippen molar-refractivity contribution in [2.45, 2.75) is 29.1 Å². The second-order valence-electron chi connectivity index (χ2n) is 3.59. The largest absolute Gasteiger partial charge is 0.245 e. The van der Waals surface area contributed by atoms with Gasteiger partial charge >= 0.3 is 0 Å². The van der Waals surface area contributed by atoms with E-state index in [1.165, 1.54) is 18.0 Å². The molecule has 1 aliphatic carbocycles. The summed E-state index contributed by atoms with van der Waals surface area (Å²) in [6.45, 7) is 0. The number of nitriles is 1. The molecule has 8 heteroatoms. The number of nitrogens with zero attached hydrogens (tertiary/aromatic N) is 7. The van der Waals surface area contributed by atoms with Crippen molar-refractivity contribution in [3.8, 4) is 6.07 Å². The first-order chi connectivity index (χ1) is 8.36. The molecule has 0 N–H and O–H groups in total. The second-order valence-corrected chi connectivity index (χ2v) is 4.58. The second kappa shape index (κ2) is 4.10. The molecule has 84 valence electrons. The summed E-state index contributed by atoms with van der Waals surface area (Å²) in [6, 6.07) is 2.35. The van der Waals surface area contributed by atoms with E-state index in [-0.39, 0.29) is 0 Å². The van der Waals surface area contributed by atoms with Crippen molar-refractivity contribution in [2.75, 3.05) is 0 Å². The first-order valence-corrected chi connectivity index (χ1v) is 5.86. The van der Waals surface area contributed by atoms with Gasteiger partial charge in [0.1, 0.15) is 11.1 Å². The van der Waals surface area contributed by atoms with Crippen LogP contribution >= 0.6 is 11.8 Å². The molecule has 0 atom stereocenters. The third-order valence-corrected chi connectivity index (χ3v) is 3.17. The van der Waals surface area contributed by atoms with Gasteiger partial charge in [-0.1, -0.05) is 0 Å². The molecule has 0 aliphatic heterocycles. The molecule has 1 saturated carbocycles. The standard InChI is InChI=1S/C9H7N7S/c10-3-6-4-12-8(5-11-6)17-9-13-14-15-16(9)7-1-2-7/h4-5,7H,1-2H2. The molecular weight excluding hydrogens is 238 g/mol. The zero-order valence-corrected chi connectivity index (χ0v) is 9.50. The molecule has 2 aromatic rings. The van der Waals surface area contributed by atoms with Gasteiger partial charge in [0, 0.05) is 0 Å². The van der Waals surface area contributed by atoms with Crippen molar-refractivity contribution >= 4 is 11.8 Å². The maximum absolute atomic E-state index is 8.61. The molecule has 17 heavy (non-hydrogen) atoms. The van der Waals surface area contributed by atoms with Crippen LogP contribution in [0.5, 0.6) is 0 Å². The van der Waals surface area contributed by atoms with Crippen LogP contribution in [0.3, 0.4) is 0 Å². The normalized spacial score (nSPS) is 14.5. The molecule has 0 spiro atoms. The summed E-state index contributed by atoms with van der Waals surface area (Å²) in [7, 11) is 0. The Balaban J connectivity index is 1.81. The zero-order chi connectivity index (χ0) is 11.7. The molecule has 0 bridgehead atoms. The SMILES string of the molecule is N#Cc1cnc(Sc2nnnn2C2CC2)cn1. The lowest BCUT2D eigenvalue weighted by atomic mass is 10.5. The van der Waals surface area contributed by atoms with Gasteiger partial charge < -0.3 is 0 Å². The van der Waals surface area contributed by atoms with Gasteiger partial charge in [0.15, 0.2) is 5.69 Å². The summed E-state index contributed by atoms with van der Waals surface area (Å²) >= 11 is 1.35. The van der Waals surface area contributed by atoms with Crippen LogP contribution in [0.2, 0.25) is 0 Å². The van der Waals surface area contributed by atoms with Crippen LogP contribution in [0.25, 0.3) is 0 Å². The smallest absolute Gasteiger partial charge is 0.215 e. The van der Waals surface area contributed by atoms with Crippen molar-refractivity contribution < 1.29 is 0 Å².